The van der Waals surface area contributed by atoms with Crippen molar-refractivity contribution in [2.75, 3.05) is 5.32 Å². The fourth-order valence-electron chi connectivity index (χ4n) is 1.81. The molecule has 0 aliphatic rings. The van der Waals surface area contributed by atoms with Crippen LogP contribution in [0.15, 0.2) is 36.4 Å². The van der Waals surface area contributed by atoms with Crippen molar-refractivity contribution < 1.29 is 19.8 Å². The molecule has 0 spiro atoms. The number of nitrogens with one attached hydrogen (secondary N) is 1. The van der Waals surface area contributed by atoms with E-state index in [2.05, 4.69) is 5.32 Å². The maximum Gasteiger partial charge on any atom is 0.337 e. The number of phenolic OH excluding ortho intramolecular Hbond substituents is 1. The molecular weight excluding hydrogens is 294 g/mol. The number of carboxylic acids is 1. The lowest BCUT2D eigenvalue weighted by atomic mass is 10.1. The average molecular weight is 306 g/mol. The molecule has 6 heteroatoms. The molecule has 1 amide bonds. The highest BCUT2D eigenvalue weighted by molar-refractivity contribution is 6.34. The quantitative estimate of drug-likeness (QED) is 0.759. The van der Waals surface area contributed by atoms with Gasteiger partial charge in [-0.15, -0.1) is 0 Å². The number of rotatable bonds is 3. The Kier molecular flexibility index (Phi) is 4.14. The Labute approximate surface area is 125 Å². The van der Waals surface area contributed by atoms with Crippen molar-refractivity contribution in [3.05, 3.63) is 58.1 Å². The van der Waals surface area contributed by atoms with Crippen LogP contribution in [-0.4, -0.2) is 22.1 Å². The maximum atomic E-state index is 12.2. The van der Waals surface area contributed by atoms with Gasteiger partial charge in [0, 0.05) is 0 Å². The summed E-state index contributed by atoms with van der Waals surface area (Å²) in [6.07, 6.45) is 0. The molecule has 0 saturated heterocycles. The van der Waals surface area contributed by atoms with Crippen LogP contribution in [-0.2, 0) is 0 Å². The largest absolute Gasteiger partial charge is 0.508 e. The van der Waals surface area contributed by atoms with Gasteiger partial charge in [-0.2, -0.15) is 0 Å². The zero-order chi connectivity index (χ0) is 15.6. The van der Waals surface area contributed by atoms with Crippen LogP contribution in [0, 0.1) is 6.92 Å². The number of carbonyl (C=O) groups is 2. The number of hydrogen-bond acceptors (Lipinski definition) is 3. The van der Waals surface area contributed by atoms with E-state index >= 15 is 0 Å². The summed E-state index contributed by atoms with van der Waals surface area (Å²) >= 11 is 6.00. The van der Waals surface area contributed by atoms with Gasteiger partial charge in [0.1, 0.15) is 5.75 Å². The Morgan fingerprint density at radius 3 is 2.43 bits per heavy atom. The van der Waals surface area contributed by atoms with Crippen molar-refractivity contribution in [3.8, 4) is 5.75 Å². The van der Waals surface area contributed by atoms with E-state index in [1.807, 2.05) is 6.92 Å². The van der Waals surface area contributed by atoms with E-state index in [4.69, 9.17) is 16.7 Å². The molecule has 2 rings (SSSR count). The molecule has 0 radical (unpaired) electrons. The number of anilines is 1. The number of aromatic carboxylic acids is 1. The zero-order valence-corrected chi connectivity index (χ0v) is 11.8. The molecule has 0 heterocycles. The van der Waals surface area contributed by atoms with Crippen molar-refractivity contribution in [1.82, 2.24) is 0 Å². The van der Waals surface area contributed by atoms with Crippen molar-refractivity contribution in [2.45, 2.75) is 6.92 Å². The fourth-order valence-corrected chi connectivity index (χ4v) is 2.13. The van der Waals surface area contributed by atoms with Crippen molar-refractivity contribution in [1.29, 1.82) is 0 Å². The summed E-state index contributed by atoms with van der Waals surface area (Å²) in [7, 11) is 0. The van der Waals surface area contributed by atoms with Gasteiger partial charge in [-0.05, 0) is 42.8 Å². The average Bonchev–Trinajstić information content (AvgIpc) is 2.40. The highest BCUT2D eigenvalue weighted by atomic mass is 35.5. The van der Waals surface area contributed by atoms with Crippen molar-refractivity contribution >= 4 is 29.2 Å². The minimum atomic E-state index is -1.25. The van der Waals surface area contributed by atoms with Crippen LogP contribution in [0.3, 0.4) is 0 Å². The Balaban J connectivity index is 2.34. The molecule has 108 valence electrons. The SMILES string of the molecule is Cc1ccc(C(=O)Nc2ccc(O)cc2C(=O)O)c(Cl)c1. The Hall–Kier alpha value is -2.53. The molecule has 0 fully saturated rings. The highest BCUT2D eigenvalue weighted by Gasteiger charge is 2.16. The van der Waals surface area contributed by atoms with E-state index in [1.54, 1.807) is 18.2 Å². The number of aromatic hydroxyl groups is 1. The summed E-state index contributed by atoms with van der Waals surface area (Å²) in [4.78, 5) is 23.3. The van der Waals surface area contributed by atoms with E-state index in [1.165, 1.54) is 12.1 Å². The van der Waals surface area contributed by atoms with Crippen LogP contribution < -0.4 is 5.32 Å². The molecule has 3 N–H and O–H groups in total. The summed E-state index contributed by atoms with van der Waals surface area (Å²) in [5.41, 5.74) is 1.03. The molecule has 0 aromatic heterocycles. The van der Waals surface area contributed by atoms with Crippen LogP contribution in [0.25, 0.3) is 0 Å². The molecule has 2 aromatic carbocycles. The van der Waals surface area contributed by atoms with Gasteiger partial charge in [-0.1, -0.05) is 17.7 Å². The van der Waals surface area contributed by atoms with Crippen LogP contribution in [0.5, 0.6) is 5.75 Å². The molecular formula is C15H12ClNO4. The van der Waals surface area contributed by atoms with E-state index in [-0.39, 0.29) is 27.6 Å². The van der Waals surface area contributed by atoms with Gasteiger partial charge in [-0.25, -0.2) is 4.79 Å². The number of hydrogen-bond donors (Lipinski definition) is 3. The summed E-state index contributed by atoms with van der Waals surface area (Å²) < 4.78 is 0. The van der Waals surface area contributed by atoms with Crippen LogP contribution in [0.2, 0.25) is 5.02 Å². The van der Waals surface area contributed by atoms with Gasteiger partial charge < -0.3 is 15.5 Å². The molecule has 5 nitrogen and oxygen atoms in total. The standard InChI is InChI=1S/C15H12ClNO4/c1-8-2-4-10(12(16)6-8)14(19)17-13-5-3-9(18)7-11(13)15(20)21/h2-7,18H,1H3,(H,17,19)(H,20,21). The first-order valence-corrected chi connectivity index (χ1v) is 6.40. The topological polar surface area (TPSA) is 86.6 Å². The third-order valence-corrected chi connectivity index (χ3v) is 3.16. The molecule has 0 saturated carbocycles. The number of carbonyl (C=O) groups excluding carboxylic acids is 1. The molecule has 0 unspecified atom stereocenters. The first-order valence-electron chi connectivity index (χ1n) is 6.02. The molecule has 21 heavy (non-hydrogen) atoms. The first-order chi connectivity index (χ1) is 9.88. The number of phenols is 1. The van der Waals surface area contributed by atoms with Gasteiger partial charge in [0.05, 0.1) is 21.8 Å². The van der Waals surface area contributed by atoms with Gasteiger partial charge in [0.25, 0.3) is 5.91 Å². The van der Waals surface area contributed by atoms with E-state index in [0.29, 0.717) is 0 Å². The molecule has 0 aliphatic heterocycles. The van der Waals surface area contributed by atoms with Crippen LogP contribution >= 0.6 is 11.6 Å². The van der Waals surface area contributed by atoms with Crippen molar-refractivity contribution in [3.63, 3.8) is 0 Å². The fraction of sp³-hybridized carbons (Fsp3) is 0.0667. The summed E-state index contributed by atoms with van der Waals surface area (Å²) in [5, 5.41) is 21.2. The lowest BCUT2D eigenvalue weighted by molar-refractivity contribution is 0.0697. The summed E-state index contributed by atoms with van der Waals surface area (Å²) in [6, 6.07) is 8.61. The van der Waals surface area contributed by atoms with Gasteiger partial charge in [0.15, 0.2) is 0 Å². The van der Waals surface area contributed by atoms with E-state index < -0.39 is 11.9 Å². The maximum absolute atomic E-state index is 12.2. The normalized spacial score (nSPS) is 10.2. The minimum Gasteiger partial charge on any atom is -0.508 e. The second-order valence-corrected chi connectivity index (χ2v) is 4.88. The Morgan fingerprint density at radius 2 is 1.81 bits per heavy atom. The van der Waals surface area contributed by atoms with Gasteiger partial charge >= 0.3 is 5.97 Å². The molecule has 0 aliphatic carbocycles. The Morgan fingerprint density at radius 1 is 1.10 bits per heavy atom. The third-order valence-electron chi connectivity index (χ3n) is 2.85. The van der Waals surface area contributed by atoms with Gasteiger partial charge in [0.2, 0.25) is 0 Å². The zero-order valence-electron chi connectivity index (χ0n) is 11.1. The smallest absolute Gasteiger partial charge is 0.337 e. The summed E-state index contributed by atoms with van der Waals surface area (Å²) in [6.45, 7) is 1.84. The van der Waals surface area contributed by atoms with Crippen molar-refractivity contribution in [2.24, 2.45) is 0 Å². The minimum absolute atomic E-state index is 0.0851. The number of carboxylic acid groups (broad SMARTS) is 1. The van der Waals surface area contributed by atoms with Crippen LogP contribution in [0.1, 0.15) is 26.3 Å². The summed E-state index contributed by atoms with van der Waals surface area (Å²) in [5.74, 6) is -1.97. The third kappa shape index (κ3) is 3.32. The molecule has 2 aromatic rings. The Bertz CT molecular complexity index is 728. The lowest BCUT2D eigenvalue weighted by Crippen LogP contribution is -2.15. The molecule has 0 bridgehead atoms. The number of aryl methyl sites for hydroxylation is 1. The highest BCUT2D eigenvalue weighted by Crippen LogP contribution is 2.24. The monoisotopic (exact) mass is 305 g/mol. The van der Waals surface area contributed by atoms with E-state index in [9.17, 15) is 14.7 Å². The van der Waals surface area contributed by atoms with Crippen LogP contribution in [0.4, 0.5) is 5.69 Å². The number of benzene rings is 2. The molecule has 0 atom stereocenters. The lowest BCUT2D eigenvalue weighted by Gasteiger charge is -2.10. The number of amides is 1. The van der Waals surface area contributed by atoms with E-state index in [0.717, 1.165) is 11.6 Å². The predicted molar refractivity (Wildman–Crippen MR) is 79.2 cm³/mol. The first kappa shape index (κ1) is 14.9. The van der Waals surface area contributed by atoms with Gasteiger partial charge in [-0.3, -0.25) is 4.79 Å². The second kappa shape index (κ2) is 5.85. The predicted octanol–water partition coefficient (Wildman–Crippen LogP) is 3.30. The number of halogens is 1. The second-order valence-electron chi connectivity index (χ2n) is 4.47.